The van der Waals surface area contributed by atoms with E-state index in [0.717, 1.165) is 31.4 Å². The van der Waals surface area contributed by atoms with E-state index in [2.05, 4.69) is 0 Å². The van der Waals surface area contributed by atoms with Gasteiger partial charge in [-0.15, -0.1) is 0 Å². The maximum absolute atomic E-state index is 10.2. The SMILES string of the molecule is O=C([O-])CCCCCCCOc1ccc(O)cc1.[Na+]. The van der Waals surface area contributed by atoms with Crippen molar-refractivity contribution in [2.75, 3.05) is 6.61 Å². The summed E-state index contributed by atoms with van der Waals surface area (Å²) in [5.74, 6) is 0.0192. The van der Waals surface area contributed by atoms with Crippen molar-refractivity contribution >= 4 is 5.97 Å². The summed E-state index contributed by atoms with van der Waals surface area (Å²) < 4.78 is 5.49. The molecular formula is C14H19NaO4. The van der Waals surface area contributed by atoms with Crippen molar-refractivity contribution in [1.82, 2.24) is 0 Å². The average Bonchev–Trinajstić information content (AvgIpc) is 2.34. The first-order valence-corrected chi connectivity index (χ1v) is 6.30. The molecule has 5 heteroatoms. The molecule has 0 saturated carbocycles. The first-order chi connectivity index (χ1) is 8.68. The van der Waals surface area contributed by atoms with Crippen molar-refractivity contribution in [3.05, 3.63) is 24.3 Å². The van der Waals surface area contributed by atoms with Crippen LogP contribution in [0.3, 0.4) is 0 Å². The number of hydrogen-bond acceptors (Lipinski definition) is 4. The van der Waals surface area contributed by atoms with Crippen molar-refractivity contribution in [3.63, 3.8) is 0 Å². The zero-order valence-electron chi connectivity index (χ0n) is 11.4. The number of rotatable bonds is 9. The summed E-state index contributed by atoms with van der Waals surface area (Å²) in [5, 5.41) is 19.3. The number of phenolic OH excluding ortho intramolecular Hbond substituents is 1. The Morgan fingerprint density at radius 3 is 2.26 bits per heavy atom. The number of carboxylic acids is 1. The Hall–Kier alpha value is -0.710. The van der Waals surface area contributed by atoms with E-state index in [1.807, 2.05) is 0 Å². The van der Waals surface area contributed by atoms with Crippen molar-refractivity contribution in [2.45, 2.75) is 38.5 Å². The third-order valence-electron chi connectivity index (χ3n) is 2.63. The predicted octanol–water partition coefficient (Wildman–Crippen LogP) is -1.13. The van der Waals surface area contributed by atoms with Crippen LogP contribution in [0.4, 0.5) is 0 Å². The zero-order valence-corrected chi connectivity index (χ0v) is 13.4. The molecular weight excluding hydrogens is 255 g/mol. The van der Waals surface area contributed by atoms with Gasteiger partial charge >= 0.3 is 29.6 Å². The number of aliphatic carboxylic acids is 1. The normalized spacial score (nSPS) is 9.68. The van der Waals surface area contributed by atoms with Gasteiger partial charge in [0.2, 0.25) is 0 Å². The van der Waals surface area contributed by atoms with Crippen LogP contribution in [-0.2, 0) is 4.79 Å². The number of carbonyl (C=O) groups is 1. The number of phenols is 1. The summed E-state index contributed by atoms with van der Waals surface area (Å²) in [5.41, 5.74) is 0. The van der Waals surface area contributed by atoms with E-state index in [1.54, 1.807) is 24.3 Å². The van der Waals surface area contributed by atoms with Gasteiger partial charge in [-0.1, -0.05) is 19.3 Å². The van der Waals surface area contributed by atoms with Gasteiger partial charge in [-0.25, -0.2) is 0 Å². The van der Waals surface area contributed by atoms with Gasteiger partial charge in [-0.2, -0.15) is 0 Å². The van der Waals surface area contributed by atoms with E-state index in [9.17, 15) is 9.90 Å². The molecule has 0 spiro atoms. The Morgan fingerprint density at radius 2 is 1.63 bits per heavy atom. The van der Waals surface area contributed by atoms with E-state index in [1.165, 1.54) is 0 Å². The van der Waals surface area contributed by atoms with Crippen LogP contribution >= 0.6 is 0 Å². The molecule has 0 bridgehead atoms. The molecule has 1 N–H and O–H groups in total. The second-order valence-corrected chi connectivity index (χ2v) is 4.23. The van der Waals surface area contributed by atoms with Crippen molar-refractivity contribution in [1.29, 1.82) is 0 Å². The number of carbonyl (C=O) groups excluding carboxylic acids is 1. The molecule has 0 amide bonds. The summed E-state index contributed by atoms with van der Waals surface area (Å²) in [7, 11) is 0. The Balaban J connectivity index is 0.00000324. The number of carboxylic acid groups (broad SMARTS) is 1. The fraction of sp³-hybridized carbons (Fsp3) is 0.500. The number of ether oxygens (including phenoxy) is 1. The third-order valence-corrected chi connectivity index (χ3v) is 2.63. The molecule has 1 aromatic carbocycles. The number of unbranched alkanes of at least 4 members (excludes halogenated alkanes) is 4. The topological polar surface area (TPSA) is 69.6 Å². The first-order valence-electron chi connectivity index (χ1n) is 6.30. The van der Waals surface area contributed by atoms with Crippen LogP contribution < -0.4 is 39.4 Å². The zero-order chi connectivity index (χ0) is 13.2. The quantitative estimate of drug-likeness (QED) is 0.457. The predicted molar refractivity (Wildman–Crippen MR) is 66.3 cm³/mol. The molecule has 0 aromatic heterocycles. The maximum Gasteiger partial charge on any atom is 1.00 e. The van der Waals surface area contributed by atoms with Gasteiger partial charge in [0, 0.05) is 5.97 Å². The molecule has 19 heavy (non-hydrogen) atoms. The minimum absolute atomic E-state index is 0. The van der Waals surface area contributed by atoms with Crippen LogP contribution in [-0.4, -0.2) is 17.7 Å². The van der Waals surface area contributed by atoms with Gasteiger partial charge < -0.3 is 19.7 Å². The Bertz CT molecular complexity index is 351. The molecule has 0 fully saturated rings. The Labute approximate surface area is 136 Å². The summed E-state index contributed by atoms with van der Waals surface area (Å²) in [4.78, 5) is 10.2. The Kier molecular flexibility index (Phi) is 10.7. The molecule has 0 aliphatic heterocycles. The molecule has 0 aliphatic carbocycles. The van der Waals surface area contributed by atoms with Crippen molar-refractivity contribution in [2.24, 2.45) is 0 Å². The van der Waals surface area contributed by atoms with E-state index in [4.69, 9.17) is 9.84 Å². The van der Waals surface area contributed by atoms with Gasteiger partial charge in [0.25, 0.3) is 0 Å². The molecule has 1 aromatic rings. The van der Waals surface area contributed by atoms with Gasteiger partial charge in [0.05, 0.1) is 6.61 Å². The third kappa shape index (κ3) is 9.82. The monoisotopic (exact) mass is 274 g/mol. The van der Waals surface area contributed by atoms with Crippen molar-refractivity contribution in [3.8, 4) is 11.5 Å². The van der Waals surface area contributed by atoms with Gasteiger partial charge in [0.1, 0.15) is 11.5 Å². The van der Waals surface area contributed by atoms with E-state index < -0.39 is 5.97 Å². The van der Waals surface area contributed by atoms with Crippen molar-refractivity contribution < 1.29 is 49.3 Å². The van der Waals surface area contributed by atoms with E-state index >= 15 is 0 Å². The average molecular weight is 274 g/mol. The standard InChI is InChI=1S/C14H20O4.Na/c15-12-7-9-13(10-8-12)18-11-5-3-1-2-4-6-14(16)17;/h7-10,15H,1-6,11H2,(H,16,17);/q;+1/p-1. The minimum atomic E-state index is -0.967. The largest absolute Gasteiger partial charge is 1.00 e. The van der Waals surface area contributed by atoms with Crippen LogP contribution in [0.25, 0.3) is 0 Å². The van der Waals surface area contributed by atoms with Crippen LogP contribution in [0.2, 0.25) is 0 Å². The second kappa shape index (κ2) is 11.1. The molecule has 0 aliphatic rings. The van der Waals surface area contributed by atoms with Crippen LogP contribution in [0.5, 0.6) is 11.5 Å². The van der Waals surface area contributed by atoms with Gasteiger partial charge in [0.15, 0.2) is 0 Å². The fourth-order valence-electron chi connectivity index (χ4n) is 1.63. The summed E-state index contributed by atoms with van der Waals surface area (Å²) in [6, 6.07) is 6.65. The van der Waals surface area contributed by atoms with Gasteiger partial charge in [-0.3, -0.25) is 0 Å². The van der Waals surface area contributed by atoms with E-state index in [0.29, 0.717) is 13.0 Å². The number of hydrogen-bond donors (Lipinski definition) is 1. The smallest absolute Gasteiger partial charge is 0.550 e. The maximum atomic E-state index is 10.2. The molecule has 4 nitrogen and oxygen atoms in total. The summed E-state index contributed by atoms with van der Waals surface area (Å²) in [6.45, 7) is 0.644. The van der Waals surface area contributed by atoms with Crippen LogP contribution in [0, 0.1) is 0 Å². The molecule has 0 unspecified atom stereocenters. The van der Waals surface area contributed by atoms with E-state index in [-0.39, 0.29) is 41.7 Å². The molecule has 0 radical (unpaired) electrons. The Morgan fingerprint density at radius 1 is 1.05 bits per heavy atom. The van der Waals surface area contributed by atoms with Crippen LogP contribution in [0.1, 0.15) is 38.5 Å². The van der Waals surface area contributed by atoms with Gasteiger partial charge in [-0.05, 0) is 43.5 Å². The molecule has 1 rings (SSSR count). The number of benzene rings is 1. The number of aromatic hydroxyl groups is 1. The molecule has 0 atom stereocenters. The second-order valence-electron chi connectivity index (χ2n) is 4.23. The molecule has 0 saturated heterocycles. The first kappa shape index (κ1) is 18.3. The fourth-order valence-corrected chi connectivity index (χ4v) is 1.63. The molecule has 0 heterocycles. The summed E-state index contributed by atoms with van der Waals surface area (Å²) >= 11 is 0. The molecule has 100 valence electrons. The van der Waals surface area contributed by atoms with Crippen LogP contribution in [0.15, 0.2) is 24.3 Å². The minimum Gasteiger partial charge on any atom is -0.550 e. The summed E-state index contributed by atoms with van der Waals surface area (Å²) in [6.07, 6.45) is 4.78.